The summed E-state index contributed by atoms with van der Waals surface area (Å²) >= 11 is 1.73. The summed E-state index contributed by atoms with van der Waals surface area (Å²) in [6, 6.07) is 6.23. The minimum atomic E-state index is -3.60. The fraction of sp³-hybridized carbons (Fsp3) is 0.562. The number of rotatable bonds is 7. The number of hydrogen-bond acceptors (Lipinski definition) is 5. The SMILES string of the molecule is CSCCCNC(=O)c1cccc(S(=O)(=O)N2CCCOCC2)c1. The van der Waals surface area contributed by atoms with Crippen molar-refractivity contribution in [3.05, 3.63) is 29.8 Å². The Morgan fingerprint density at radius 1 is 1.33 bits per heavy atom. The number of amides is 1. The summed E-state index contributed by atoms with van der Waals surface area (Å²) in [5.41, 5.74) is 0.367. The maximum Gasteiger partial charge on any atom is 0.251 e. The zero-order valence-electron chi connectivity index (χ0n) is 13.9. The Bertz CT molecular complexity index is 641. The molecule has 8 heteroatoms. The van der Waals surface area contributed by atoms with Gasteiger partial charge in [0, 0.05) is 31.8 Å². The van der Waals surface area contributed by atoms with Gasteiger partial charge in [-0.1, -0.05) is 6.07 Å². The first-order valence-electron chi connectivity index (χ1n) is 8.01. The molecule has 2 rings (SSSR count). The van der Waals surface area contributed by atoms with Crippen molar-refractivity contribution in [1.82, 2.24) is 9.62 Å². The average Bonchev–Trinajstić information content (AvgIpc) is 2.88. The maximum atomic E-state index is 12.7. The first-order chi connectivity index (χ1) is 11.6. The van der Waals surface area contributed by atoms with Gasteiger partial charge in [-0.15, -0.1) is 0 Å². The van der Waals surface area contributed by atoms with E-state index in [4.69, 9.17) is 4.74 Å². The second-order valence-corrected chi connectivity index (χ2v) is 8.42. The maximum absolute atomic E-state index is 12.7. The number of hydrogen-bond donors (Lipinski definition) is 1. The van der Waals surface area contributed by atoms with E-state index in [1.54, 1.807) is 23.9 Å². The van der Waals surface area contributed by atoms with Crippen molar-refractivity contribution in [1.29, 1.82) is 0 Å². The molecule has 134 valence electrons. The Hall–Kier alpha value is -1.09. The third kappa shape index (κ3) is 5.20. The normalized spacial score (nSPS) is 16.5. The molecule has 1 aliphatic rings. The Morgan fingerprint density at radius 3 is 2.96 bits per heavy atom. The molecule has 1 amide bonds. The van der Waals surface area contributed by atoms with E-state index >= 15 is 0 Å². The van der Waals surface area contributed by atoms with E-state index in [1.165, 1.54) is 16.4 Å². The van der Waals surface area contributed by atoms with Gasteiger partial charge in [-0.3, -0.25) is 4.79 Å². The number of carbonyl (C=O) groups is 1. The van der Waals surface area contributed by atoms with Crippen molar-refractivity contribution in [3.8, 4) is 0 Å². The monoisotopic (exact) mass is 372 g/mol. The molecule has 0 bridgehead atoms. The van der Waals surface area contributed by atoms with Crippen LogP contribution in [0, 0.1) is 0 Å². The zero-order valence-corrected chi connectivity index (χ0v) is 15.5. The molecule has 1 fully saturated rings. The minimum Gasteiger partial charge on any atom is -0.380 e. The van der Waals surface area contributed by atoms with E-state index in [1.807, 2.05) is 6.26 Å². The Balaban J connectivity index is 2.09. The van der Waals surface area contributed by atoms with Crippen LogP contribution in [0.15, 0.2) is 29.2 Å². The number of nitrogens with one attached hydrogen (secondary N) is 1. The molecular formula is C16H24N2O4S2. The van der Waals surface area contributed by atoms with Gasteiger partial charge >= 0.3 is 0 Å². The fourth-order valence-corrected chi connectivity index (χ4v) is 4.37. The standard InChI is InChI=1S/C16H24N2O4S2/c1-23-12-3-7-17-16(19)14-5-2-6-15(13-14)24(20,21)18-8-4-10-22-11-9-18/h2,5-6,13H,3-4,7-12H2,1H3,(H,17,19). The summed E-state index contributed by atoms with van der Waals surface area (Å²) < 4.78 is 32.2. The molecular weight excluding hydrogens is 348 g/mol. The summed E-state index contributed by atoms with van der Waals surface area (Å²) in [4.78, 5) is 12.3. The molecule has 24 heavy (non-hydrogen) atoms. The second-order valence-electron chi connectivity index (χ2n) is 5.50. The predicted molar refractivity (Wildman–Crippen MR) is 96.0 cm³/mol. The van der Waals surface area contributed by atoms with Crippen LogP contribution in [0.4, 0.5) is 0 Å². The van der Waals surface area contributed by atoms with E-state index in [-0.39, 0.29) is 10.8 Å². The van der Waals surface area contributed by atoms with Gasteiger partial charge in [0.15, 0.2) is 0 Å². The third-order valence-corrected chi connectivity index (χ3v) is 6.32. The van der Waals surface area contributed by atoms with Gasteiger partial charge in [0.05, 0.1) is 11.5 Å². The molecule has 0 atom stereocenters. The predicted octanol–water partition coefficient (Wildman–Crippen LogP) is 1.58. The molecule has 1 aliphatic heterocycles. The Labute approximate surface area is 148 Å². The number of ether oxygens (including phenoxy) is 1. The van der Waals surface area contributed by atoms with E-state index in [2.05, 4.69) is 5.32 Å². The second kappa shape index (κ2) is 9.41. The lowest BCUT2D eigenvalue weighted by Gasteiger charge is -2.19. The van der Waals surface area contributed by atoms with E-state index < -0.39 is 10.0 Å². The number of benzene rings is 1. The molecule has 0 saturated carbocycles. The quantitative estimate of drug-likeness (QED) is 0.736. The fourth-order valence-electron chi connectivity index (χ4n) is 2.43. The van der Waals surface area contributed by atoms with Crippen LogP contribution >= 0.6 is 11.8 Å². The van der Waals surface area contributed by atoms with Gasteiger partial charge in [0.25, 0.3) is 5.91 Å². The van der Waals surface area contributed by atoms with Crippen LogP contribution in [0.3, 0.4) is 0 Å². The topological polar surface area (TPSA) is 75.7 Å². The molecule has 0 aliphatic carbocycles. The first kappa shape index (κ1) is 19.2. The van der Waals surface area contributed by atoms with Crippen molar-refractivity contribution < 1.29 is 17.9 Å². The smallest absolute Gasteiger partial charge is 0.251 e. The van der Waals surface area contributed by atoms with Gasteiger partial charge < -0.3 is 10.1 Å². The lowest BCUT2D eigenvalue weighted by Crippen LogP contribution is -2.33. The number of carbonyl (C=O) groups excluding carboxylic acids is 1. The number of thioether (sulfide) groups is 1. The van der Waals surface area contributed by atoms with Crippen LogP contribution in [0.1, 0.15) is 23.2 Å². The van der Waals surface area contributed by atoms with Gasteiger partial charge in [0.1, 0.15) is 0 Å². The molecule has 6 nitrogen and oxygen atoms in total. The molecule has 1 aromatic carbocycles. The van der Waals surface area contributed by atoms with E-state index in [0.717, 1.165) is 12.2 Å². The van der Waals surface area contributed by atoms with Gasteiger partial charge in [-0.05, 0) is 43.0 Å². The summed E-state index contributed by atoms with van der Waals surface area (Å²) in [5, 5.41) is 2.82. The lowest BCUT2D eigenvalue weighted by atomic mass is 10.2. The Kier molecular flexibility index (Phi) is 7.54. The summed E-state index contributed by atoms with van der Waals surface area (Å²) in [5.74, 6) is 0.735. The molecule has 1 aromatic rings. The number of nitrogens with zero attached hydrogens (tertiary/aromatic N) is 1. The van der Waals surface area contributed by atoms with Crippen LogP contribution < -0.4 is 5.32 Å². The first-order valence-corrected chi connectivity index (χ1v) is 10.8. The van der Waals surface area contributed by atoms with Crippen molar-refractivity contribution in [2.45, 2.75) is 17.7 Å². The summed E-state index contributed by atoms with van der Waals surface area (Å²) in [6.07, 6.45) is 3.58. The largest absolute Gasteiger partial charge is 0.380 e. The van der Waals surface area contributed by atoms with Crippen molar-refractivity contribution in [2.24, 2.45) is 0 Å². The number of sulfonamides is 1. The highest BCUT2D eigenvalue weighted by Crippen LogP contribution is 2.18. The molecule has 0 aromatic heterocycles. The minimum absolute atomic E-state index is 0.154. The molecule has 0 radical (unpaired) electrons. The van der Waals surface area contributed by atoms with Crippen molar-refractivity contribution in [3.63, 3.8) is 0 Å². The average molecular weight is 373 g/mol. The summed E-state index contributed by atoms with van der Waals surface area (Å²) in [7, 11) is -3.60. The molecule has 0 spiro atoms. The molecule has 0 unspecified atom stereocenters. The van der Waals surface area contributed by atoms with Gasteiger partial charge in [-0.25, -0.2) is 8.42 Å². The molecule has 1 saturated heterocycles. The lowest BCUT2D eigenvalue weighted by molar-refractivity contribution is 0.0953. The van der Waals surface area contributed by atoms with E-state index in [9.17, 15) is 13.2 Å². The van der Waals surface area contributed by atoms with E-state index in [0.29, 0.717) is 44.8 Å². The highest BCUT2D eigenvalue weighted by Gasteiger charge is 2.26. The van der Waals surface area contributed by atoms with Crippen LogP contribution in [-0.4, -0.2) is 63.5 Å². The highest BCUT2D eigenvalue weighted by atomic mass is 32.2. The third-order valence-electron chi connectivity index (χ3n) is 3.73. The van der Waals surface area contributed by atoms with Gasteiger partial charge in [-0.2, -0.15) is 16.1 Å². The highest BCUT2D eigenvalue weighted by molar-refractivity contribution is 7.98. The molecule has 1 N–H and O–H groups in total. The summed E-state index contributed by atoms with van der Waals surface area (Å²) in [6.45, 7) is 2.33. The molecule has 1 heterocycles. The van der Waals surface area contributed by atoms with Crippen LogP contribution in [0.25, 0.3) is 0 Å². The van der Waals surface area contributed by atoms with Crippen LogP contribution in [-0.2, 0) is 14.8 Å². The van der Waals surface area contributed by atoms with Crippen molar-refractivity contribution in [2.75, 3.05) is 44.9 Å². The Morgan fingerprint density at radius 2 is 2.17 bits per heavy atom. The van der Waals surface area contributed by atoms with Crippen LogP contribution in [0.5, 0.6) is 0 Å². The van der Waals surface area contributed by atoms with Crippen LogP contribution in [0.2, 0.25) is 0 Å². The zero-order chi connectivity index (χ0) is 17.4. The van der Waals surface area contributed by atoms with Gasteiger partial charge in [0.2, 0.25) is 10.0 Å². The van der Waals surface area contributed by atoms with Crippen molar-refractivity contribution >= 4 is 27.7 Å².